The van der Waals surface area contributed by atoms with Crippen LogP contribution in [-0.2, 0) is 13.0 Å². The zero-order valence-corrected chi connectivity index (χ0v) is 11.1. The van der Waals surface area contributed by atoms with Crippen molar-refractivity contribution in [1.29, 1.82) is 5.26 Å². The minimum atomic E-state index is -0.413. The van der Waals surface area contributed by atoms with Gasteiger partial charge in [0, 0.05) is 6.54 Å². The third-order valence-electron chi connectivity index (χ3n) is 3.04. The fraction of sp³-hybridized carbons (Fsp3) is 0.188. The van der Waals surface area contributed by atoms with E-state index >= 15 is 0 Å². The van der Waals surface area contributed by atoms with E-state index < -0.39 is 5.82 Å². The summed E-state index contributed by atoms with van der Waals surface area (Å²) in [6.45, 7) is 1.17. The Bertz CT molecular complexity index is 615. The largest absolute Gasteiger partial charge is 0.379 e. The number of nitriles is 1. The fourth-order valence-corrected chi connectivity index (χ4v) is 1.92. The molecule has 0 amide bonds. The smallest absolute Gasteiger partial charge is 0.147 e. The van der Waals surface area contributed by atoms with Gasteiger partial charge in [0.1, 0.15) is 5.82 Å². The lowest BCUT2D eigenvalue weighted by molar-refractivity contribution is 0.629. The molecule has 4 heteroatoms. The number of benzene rings is 2. The summed E-state index contributed by atoms with van der Waals surface area (Å²) in [6, 6.07) is 14.4. The molecule has 0 saturated carbocycles. The van der Waals surface area contributed by atoms with Crippen molar-refractivity contribution in [2.75, 3.05) is 11.9 Å². The summed E-state index contributed by atoms with van der Waals surface area (Å²) in [6.07, 6.45) is 0.859. The van der Waals surface area contributed by atoms with Crippen LogP contribution in [-0.4, -0.2) is 6.54 Å². The summed E-state index contributed by atoms with van der Waals surface area (Å²) in [5.41, 5.74) is 8.47. The average molecular weight is 269 g/mol. The second-order valence-electron chi connectivity index (χ2n) is 4.52. The van der Waals surface area contributed by atoms with Crippen molar-refractivity contribution < 1.29 is 4.39 Å². The second-order valence-corrected chi connectivity index (χ2v) is 4.52. The molecule has 0 atom stereocenters. The Hall–Kier alpha value is -2.38. The summed E-state index contributed by atoms with van der Waals surface area (Å²) >= 11 is 0. The standard InChI is InChI=1S/C16H16FN3/c17-15-9-14(10-19)5-6-16(15)20-11-13-3-1-12(2-4-13)7-8-18/h1-6,9,20H,7-8,11,18H2. The fourth-order valence-electron chi connectivity index (χ4n) is 1.92. The lowest BCUT2D eigenvalue weighted by Gasteiger charge is -2.08. The first-order valence-electron chi connectivity index (χ1n) is 6.44. The van der Waals surface area contributed by atoms with Crippen LogP contribution in [0.25, 0.3) is 0 Å². The van der Waals surface area contributed by atoms with Gasteiger partial charge in [0.15, 0.2) is 0 Å². The van der Waals surface area contributed by atoms with Gasteiger partial charge in [0.25, 0.3) is 0 Å². The van der Waals surface area contributed by atoms with E-state index in [-0.39, 0.29) is 0 Å². The zero-order chi connectivity index (χ0) is 14.4. The van der Waals surface area contributed by atoms with E-state index in [1.165, 1.54) is 11.6 Å². The van der Waals surface area contributed by atoms with Crippen LogP contribution >= 0.6 is 0 Å². The van der Waals surface area contributed by atoms with E-state index in [0.717, 1.165) is 12.0 Å². The van der Waals surface area contributed by atoms with Gasteiger partial charge >= 0.3 is 0 Å². The summed E-state index contributed by atoms with van der Waals surface area (Å²) in [5.74, 6) is -0.413. The van der Waals surface area contributed by atoms with Crippen molar-refractivity contribution >= 4 is 5.69 Å². The number of hydrogen-bond donors (Lipinski definition) is 2. The van der Waals surface area contributed by atoms with Gasteiger partial charge in [-0.05, 0) is 42.3 Å². The predicted octanol–water partition coefficient (Wildman–Crippen LogP) is 2.81. The monoisotopic (exact) mass is 269 g/mol. The Morgan fingerprint density at radius 3 is 2.40 bits per heavy atom. The highest BCUT2D eigenvalue weighted by molar-refractivity contribution is 5.49. The SMILES string of the molecule is N#Cc1ccc(NCc2ccc(CCN)cc2)c(F)c1. The first-order chi connectivity index (χ1) is 9.72. The maximum absolute atomic E-state index is 13.7. The molecule has 0 radical (unpaired) electrons. The Kier molecular flexibility index (Phi) is 4.70. The molecule has 0 heterocycles. The minimum absolute atomic E-state index is 0.319. The van der Waals surface area contributed by atoms with Gasteiger partial charge in [-0.2, -0.15) is 5.26 Å². The third-order valence-corrected chi connectivity index (χ3v) is 3.04. The first kappa shape index (κ1) is 14.0. The molecule has 2 aromatic carbocycles. The van der Waals surface area contributed by atoms with Gasteiger partial charge in [0.2, 0.25) is 0 Å². The molecule has 0 aliphatic rings. The average Bonchev–Trinajstić information content (AvgIpc) is 2.48. The highest BCUT2D eigenvalue weighted by Crippen LogP contribution is 2.16. The molecule has 0 fully saturated rings. The number of nitrogens with two attached hydrogens (primary N) is 1. The molecule has 3 nitrogen and oxygen atoms in total. The number of nitrogens with one attached hydrogen (secondary N) is 1. The van der Waals surface area contributed by atoms with Gasteiger partial charge in [-0.25, -0.2) is 4.39 Å². The minimum Gasteiger partial charge on any atom is -0.379 e. The summed E-state index contributed by atoms with van der Waals surface area (Å²) in [7, 11) is 0. The lowest BCUT2D eigenvalue weighted by atomic mass is 10.1. The Morgan fingerprint density at radius 2 is 1.80 bits per heavy atom. The Morgan fingerprint density at radius 1 is 1.10 bits per heavy atom. The van der Waals surface area contributed by atoms with Crippen LogP contribution in [0.3, 0.4) is 0 Å². The van der Waals surface area contributed by atoms with Crippen LogP contribution in [0.5, 0.6) is 0 Å². The third kappa shape index (κ3) is 3.56. The highest BCUT2D eigenvalue weighted by Gasteiger charge is 2.03. The molecule has 0 spiro atoms. The van der Waals surface area contributed by atoms with Crippen LogP contribution in [0.1, 0.15) is 16.7 Å². The molecule has 2 aromatic rings. The van der Waals surface area contributed by atoms with Crippen LogP contribution < -0.4 is 11.1 Å². The van der Waals surface area contributed by atoms with E-state index in [1.54, 1.807) is 12.1 Å². The van der Waals surface area contributed by atoms with Gasteiger partial charge < -0.3 is 11.1 Å². The second kappa shape index (κ2) is 6.69. The Labute approximate surface area is 117 Å². The van der Waals surface area contributed by atoms with Crippen molar-refractivity contribution in [1.82, 2.24) is 0 Å². The first-order valence-corrected chi connectivity index (χ1v) is 6.44. The summed E-state index contributed by atoms with van der Waals surface area (Å²) in [4.78, 5) is 0. The maximum atomic E-state index is 13.7. The van der Waals surface area contributed by atoms with Crippen molar-refractivity contribution in [2.45, 2.75) is 13.0 Å². The van der Waals surface area contributed by atoms with Gasteiger partial charge in [-0.15, -0.1) is 0 Å². The maximum Gasteiger partial charge on any atom is 0.147 e. The molecule has 0 aromatic heterocycles. The molecular weight excluding hydrogens is 253 g/mol. The normalized spacial score (nSPS) is 10.1. The molecule has 102 valence electrons. The van der Waals surface area contributed by atoms with Gasteiger partial charge in [-0.1, -0.05) is 24.3 Å². The topological polar surface area (TPSA) is 61.8 Å². The van der Waals surface area contributed by atoms with Crippen LogP contribution in [0.2, 0.25) is 0 Å². The zero-order valence-electron chi connectivity index (χ0n) is 11.1. The molecule has 3 N–H and O–H groups in total. The molecule has 0 aliphatic heterocycles. The molecule has 2 rings (SSSR count). The molecule has 0 saturated heterocycles. The van der Waals surface area contributed by atoms with Gasteiger partial charge in [0.05, 0.1) is 17.3 Å². The lowest BCUT2D eigenvalue weighted by Crippen LogP contribution is -2.04. The van der Waals surface area contributed by atoms with Crippen LogP contribution in [0.4, 0.5) is 10.1 Å². The molecule has 20 heavy (non-hydrogen) atoms. The van der Waals surface area contributed by atoms with E-state index in [0.29, 0.717) is 24.3 Å². The molecule has 0 bridgehead atoms. The molecular formula is C16H16FN3. The van der Waals surface area contributed by atoms with Crippen LogP contribution in [0.15, 0.2) is 42.5 Å². The van der Waals surface area contributed by atoms with Crippen molar-refractivity contribution in [2.24, 2.45) is 5.73 Å². The predicted molar refractivity (Wildman–Crippen MR) is 77.6 cm³/mol. The van der Waals surface area contributed by atoms with E-state index in [4.69, 9.17) is 11.0 Å². The summed E-state index contributed by atoms with van der Waals surface area (Å²) in [5, 5.41) is 11.7. The van der Waals surface area contributed by atoms with E-state index in [2.05, 4.69) is 5.32 Å². The quantitative estimate of drug-likeness (QED) is 0.877. The number of nitrogens with zero attached hydrogens (tertiary/aromatic N) is 1. The number of anilines is 1. The summed E-state index contributed by atoms with van der Waals surface area (Å²) < 4.78 is 13.7. The van der Waals surface area contributed by atoms with Crippen molar-refractivity contribution in [3.8, 4) is 6.07 Å². The van der Waals surface area contributed by atoms with E-state index in [9.17, 15) is 4.39 Å². The van der Waals surface area contributed by atoms with Gasteiger partial charge in [-0.3, -0.25) is 0 Å². The van der Waals surface area contributed by atoms with Crippen molar-refractivity contribution in [3.63, 3.8) is 0 Å². The molecule has 0 unspecified atom stereocenters. The highest BCUT2D eigenvalue weighted by atomic mass is 19.1. The molecule has 0 aliphatic carbocycles. The van der Waals surface area contributed by atoms with Crippen LogP contribution in [0, 0.1) is 17.1 Å². The van der Waals surface area contributed by atoms with Crippen molar-refractivity contribution in [3.05, 3.63) is 65.0 Å². The van der Waals surface area contributed by atoms with E-state index in [1.807, 2.05) is 30.3 Å². The Balaban J connectivity index is 2.00. The number of rotatable bonds is 5. The number of halogens is 1. The number of hydrogen-bond acceptors (Lipinski definition) is 3.